The molecule has 0 bridgehead atoms. The van der Waals surface area contributed by atoms with Crippen LogP contribution in [0.5, 0.6) is 0 Å². The predicted molar refractivity (Wildman–Crippen MR) is 59.1 cm³/mol. The van der Waals surface area contributed by atoms with Crippen LogP contribution in [0.25, 0.3) is 0 Å². The number of hydrogen-bond donors (Lipinski definition) is 3. The first-order chi connectivity index (χ1) is 6.50. The van der Waals surface area contributed by atoms with Crippen molar-refractivity contribution in [3.63, 3.8) is 0 Å². The molecule has 0 aliphatic rings. The molecular weight excluding hydrogens is 224 g/mol. The van der Waals surface area contributed by atoms with Crippen LogP contribution in [0.3, 0.4) is 0 Å². The topological polar surface area (TPSA) is 63.6 Å². The lowest BCUT2D eigenvalue weighted by atomic mass is 10.3. The lowest BCUT2D eigenvalue weighted by Crippen LogP contribution is -2.33. The zero-order chi connectivity index (χ0) is 11.1. The van der Waals surface area contributed by atoms with Gasteiger partial charge in [0.05, 0.1) is 6.61 Å². The average Bonchev–Trinajstić information content (AvgIpc) is 2.15. The number of unbranched alkanes of at least 4 members (excludes halogenated alkanes) is 1. The molecule has 0 rings (SSSR count). The summed E-state index contributed by atoms with van der Waals surface area (Å²) in [6.45, 7) is 2.26. The Kier molecular flexibility index (Phi) is 6.82. The molecule has 0 radical (unpaired) electrons. The lowest BCUT2D eigenvalue weighted by molar-refractivity contribution is -0.146. The first-order valence-corrected chi connectivity index (χ1v) is 5.29. The summed E-state index contributed by atoms with van der Waals surface area (Å²) in [6, 6.07) is 0. The number of esters is 1. The number of thiol groups is 2. The fraction of sp³-hybridized carbons (Fsp3) is 0.750. The minimum Gasteiger partial charge on any atom is -0.480 e. The van der Waals surface area contributed by atoms with E-state index in [9.17, 15) is 9.59 Å². The van der Waals surface area contributed by atoms with Gasteiger partial charge in [0.25, 0.3) is 0 Å². The summed E-state index contributed by atoms with van der Waals surface area (Å²) in [5, 5.41) is 6.39. The number of rotatable bonds is 6. The van der Waals surface area contributed by atoms with Crippen molar-refractivity contribution in [3.8, 4) is 0 Å². The van der Waals surface area contributed by atoms with Gasteiger partial charge in [-0.15, -0.1) is 0 Å². The third kappa shape index (κ3) is 4.76. The number of carboxylic acids is 1. The van der Waals surface area contributed by atoms with E-state index in [1.165, 1.54) is 0 Å². The molecule has 0 fully saturated rings. The minimum atomic E-state index is -1.18. The molecule has 0 aromatic carbocycles. The Labute approximate surface area is 93.8 Å². The van der Waals surface area contributed by atoms with E-state index in [2.05, 4.69) is 25.3 Å². The molecule has 2 atom stereocenters. The van der Waals surface area contributed by atoms with Crippen LogP contribution in [0.2, 0.25) is 0 Å². The number of carbonyl (C=O) groups is 2. The predicted octanol–water partition coefficient (Wildman–Crippen LogP) is 1.01. The highest BCUT2D eigenvalue weighted by Gasteiger charge is 2.28. The van der Waals surface area contributed by atoms with Crippen LogP contribution in [0.1, 0.15) is 19.8 Å². The Morgan fingerprint density at radius 2 is 1.93 bits per heavy atom. The molecule has 4 nitrogen and oxygen atoms in total. The second-order valence-corrected chi connectivity index (χ2v) is 3.86. The molecule has 0 amide bonds. The van der Waals surface area contributed by atoms with E-state index in [1.807, 2.05) is 6.92 Å². The standard InChI is InChI=1S/C8H14O4S2/c1-2-3-4-12-8(11)6(14)5(13)7(9)10/h5-6,13-14H,2-4H2,1H3,(H,9,10)/t5-,6+/m1/s1. The molecular formula is C8H14O4S2. The van der Waals surface area contributed by atoms with Crippen LogP contribution < -0.4 is 0 Å². The van der Waals surface area contributed by atoms with E-state index in [1.54, 1.807) is 0 Å². The van der Waals surface area contributed by atoms with Crippen LogP contribution in [0, 0.1) is 0 Å². The van der Waals surface area contributed by atoms with Crippen molar-refractivity contribution in [1.29, 1.82) is 0 Å². The van der Waals surface area contributed by atoms with Gasteiger partial charge in [-0.2, -0.15) is 25.3 Å². The van der Waals surface area contributed by atoms with E-state index in [0.29, 0.717) is 6.61 Å². The molecule has 1 N–H and O–H groups in total. The van der Waals surface area contributed by atoms with Crippen molar-refractivity contribution in [3.05, 3.63) is 0 Å². The molecule has 82 valence electrons. The van der Waals surface area contributed by atoms with Crippen LogP contribution in [-0.4, -0.2) is 34.2 Å². The van der Waals surface area contributed by atoms with Gasteiger partial charge >= 0.3 is 11.9 Å². The first-order valence-electron chi connectivity index (χ1n) is 4.26. The van der Waals surface area contributed by atoms with Crippen LogP contribution in [0.15, 0.2) is 0 Å². The first kappa shape index (κ1) is 13.6. The highest BCUT2D eigenvalue weighted by molar-refractivity contribution is 7.86. The van der Waals surface area contributed by atoms with Crippen molar-refractivity contribution in [2.75, 3.05) is 6.61 Å². The Morgan fingerprint density at radius 3 is 2.36 bits per heavy atom. The smallest absolute Gasteiger partial charge is 0.320 e. The van der Waals surface area contributed by atoms with E-state index in [4.69, 9.17) is 9.84 Å². The number of ether oxygens (including phenoxy) is 1. The van der Waals surface area contributed by atoms with Gasteiger partial charge in [-0.3, -0.25) is 9.59 Å². The SMILES string of the molecule is CCCCOC(=O)[C@@H](S)[C@@H](S)C(=O)O. The van der Waals surface area contributed by atoms with Crippen LogP contribution >= 0.6 is 25.3 Å². The molecule has 0 saturated carbocycles. The fourth-order valence-electron chi connectivity index (χ4n) is 0.666. The van der Waals surface area contributed by atoms with Crippen molar-refractivity contribution in [1.82, 2.24) is 0 Å². The van der Waals surface area contributed by atoms with Gasteiger partial charge < -0.3 is 9.84 Å². The molecule has 0 aromatic heterocycles. The quantitative estimate of drug-likeness (QED) is 0.367. The van der Waals surface area contributed by atoms with Crippen molar-refractivity contribution in [2.24, 2.45) is 0 Å². The number of carboxylic acid groups (broad SMARTS) is 1. The number of carbonyl (C=O) groups excluding carboxylic acids is 1. The summed E-state index contributed by atoms with van der Waals surface area (Å²) in [6.07, 6.45) is 1.67. The van der Waals surface area contributed by atoms with Gasteiger partial charge in [-0.05, 0) is 6.42 Å². The van der Waals surface area contributed by atoms with Gasteiger partial charge in [0.1, 0.15) is 10.5 Å². The van der Waals surface area contributed by atoms with Crippen molar-refractivity contribution in [2.45, 2.75) is 30.3 Å². The summed E-state index contributed by atoms with van der Waals surface area (Å²) in [5.41, 5.74) is 0. The second-order valence-electron chi connectivity index (χ2n) is 2.75. The Balaban J connectivity index is 3.92. The average molecular weight is 238 g/mol. The maximum Gasteiger partial charge on any atom is 0.320 e. The lowest BCUT2D eigenvalue weighted by Gasteiger charge is -2.13. The zero-order valence-corrected chi connectivity index (χ0v) is 9.63. The van der Waals surface area contributed by atoms with Crippen molar-refractivity contribution >= 4 is 37.2 Å². The van der Waals surface area contributed by atoms with E-state index < -0.39 is 22.4 Å². The third-order valence-corrected chi connectivity index (χ3v) is 2.80. The third-order valence-electron chi connectivity index (χ3n) is 1.54. The molecule has 0 spiro atoms. The molecule has 0 heterocycles. The fourth-order valence-corrected chi connectivity index (χ4v) is 0.990. The molecule has 0 aromatic rings. The molecule has 0 aliphatic carbocycles. The van der Waals surface area contributed by atoms with Gasteiger partial charge in [-0.1, -0.05) is 13.3 Å². The van der Waals surface area contributed by atoms with Gasteiger partial charge in [0.2, 0.25) is 0 Å². The number of hydrogen-bond acceptors (Lipinski definition) is 5. The maximum absolute atomic E-state index is 11.2. The highest BCUT2D eigenvalue weighted by atomic mass is 32.1. The van der Waals surface area contributed by atoms with Gasteiger partial charge in [0, 0.05) is 0 Å². The summed E-state index contributed by atoms with van der Waals surface area (Å²) < 4.78 is 4.79. The summed E-state index contributed by atoms with van der Waals surface area (Å²) in [7, 11) is 0. The Hall–Kier alpha value is -0.360. The summed E-state index contributed by atoms with van der Waals surface area (Å²) in [4.78, 5) is 21.6. The Morgan fingerprint density at radius 1 is 1.36 bits per heavy atom. The Bertz CT molecular complexity index is 208. The minimum absolute atomic E-state index is 0.298. The van der Waals surface area contributed by atoms with Gasteiger partial charge in [0.15, 0.2) is 0 Å². The molecule has 0 saturated heterocycles. The van der Waals surface area contributed by atoms with E-state index >= 15 is 0 Å². The van der Waals surface area contributed by atoms with Gasteiger partial charge in [-0.25, -0.2) is 0 Å². The van der Waals surface area contributed by atoms with Crippen LogP contribution in [-0.2, 0) is 14.3 Å². The summed E-state index contributed by atoms with van der Waals surface area (Å²) >= 11 is 7.56. The second kappa shape index (κ2) is 7.00. The molecule has 14 heavy (non-hydrogen) atoms. The van der Waals surface area contributed by atoms with E-state index in [-0.39, 0.29) is 0 Å². The normalized spacial score (nSPS) is 14.5. The molecule has 0 unspecified atom stereocenters. The monoisotopic (exact) mass is 238 g/mol. The van der Waals surface area contributed by atoms with Crippen LogP contribution in [0.4, 0.5) is 0 Å². The largest absolute Gasteiger partial charge is 0.480 e. The molecule has 6 heteroatoms. The highest BCUT2D eigenvalue weighted by Crippen LogP contribution is 2.11. The van der Waals surface area contributed by atoms with E-state index in [0.717, 1.165) is 12.8 Å². The number of aliphatic carboxylic acids is 1. The summed E-state index contributed by atoms with van der Waals surface area (Å²) in [5.74, 6) is -1.81. The zero-order valence-electron chi connectivity index (χ0n) is 7.84. The van der Waals surface area contributed by atoms with Crippen molar-refractivity contribution < 1.29 is 19.4 Å². The molecule has 0 aliphatic heterocycles. The maximum atomic E-state index is 11.2.